The molecule has 5 heteroatoms. The van der Waals surface area contributed by atoms with Gasteiger partial charge in [-0.25, -0.2) is 0 Å². The molecule has 0 aromatic carbocycles. The third kappa shape index (κ3) is 3.02. The number of aromatic amines is 1. The molecule has 84 valence electrons. The fourth-order valence-corrected chi connectivity index (χ4v) is 1.45. The number of hydrogen-bond donors (Lipinski definition) is 2. The summed E-state index contributed by atoms with van der Waals surface area (Å²) in [4.78, 5) is 0. The Morgan fingerprint density at radius 2 is 2.27 bits per heavy atom. The van der Waals surface area contributed by atoms with E-state index < -0.39 is 5.79 Å². The summed E-state index contributed by atoms with van der Waals surface area (Å²) in [7, 11) is 0. The van der Waals surface area contributed by atoms with Crippen molar-refractivity contribution in [2.75, 3.05) is 13.2 Å². The lowest BCUT2D eigenvalue weighted by molar-refractivity contribution is -0.253. The van der Waals surface area contributed by atoms with Gasteiger partial charge < -0.3 is 14.8 Å². The van der Waals surface area contributed by atoms with Gasteiger partial charge in [-0.3, -0.25) is 5.10 Å². The summed E-state index contributed by atoms with van der Waals surface area (Å²) in [6.45, 7) is 6.02. The van der Waals surface area contributed by atoms with E-state index in [4.69, 9.17) is 9.47 Å². The zero-order valence-electron chi connectivity index (χ0n) is 9.12. The summed E-state index contributed by atoms with van der Waals surface area (Å²) in [5.74, 6) is -0.437. The van der Waals surface area contributed by atoms with Crippen molar-refractivity contribution in [1.82, 2.24) is 15.5 Å². The Kier molecular flexibility index (Phi) is 3.04. The molecule has 0 radical (unpaired) electrons. The molecule has 5 nitrogen and oxygen atoms in total. The Hall–Kier alpha value is -0.910. The maximum absolute atomic E-state index is 5.54. The number of aromatic nitrogens is 2. The predicted octanol–water partition coefficient (Wildman–Crippen LogP) is 0.651. The van der Waals surface area contributed by atoms with E-state index in [2.05, 4.69) is 15.5 Å². The molecule has 1 aromatic rings. The van der Waals surface area contributed by atoms with E-state index in [0.717, 1.165) is 12.1 Å². The fraction of sp³-hybridized carbons (Fsp3) is 0.700. The first-order valence-corrected chi connectivity index (χ1v) is 5.15. The Balaban J connectivity index is 1.73. The van der Waals surface area contributed by atoms with Crippen LogP contribution in [0.5, 0.6) is 0 Å². The highest BCUT2D eigenvalue weighted by atomic mass is 16.7. The van der Waals surface area contributed by atoms with E-state index in [9.17, 15) is 0 Å². The number of nitrogens with zero attached hydrogens (tertiary/aromatic N) is 1. The van der Waals surface area contributed by atoms with E-state index in [1.54, 1.807) is 0 Å². The highest BCUT2D eigenvalue weighted by Crippen LogP contribution is 2.16. The van der Waals surface area contributed by atoms with Crippen LogP contribution < -0.4 is 5.32 Å². The Labute approximate surface area is 89.2 Å². The predicted molar refractivity (Wildman–Crippen MR) is 55.2 cm³/mol. The van der Waals surface area contributed by atoms with Gasteiger partial charge in [0.15, 0.2) is 5.79 Å². The van der Waals surface area contributed by atoms with Gasteiger partial charge in [-0.1, -0.05) is 0 Å². The molecule has 0 atom stereocenters. The zero-order chi connectivity index (χ0) is 10.7. The summed E-state index contributed by atoms with van der Waals surface area (Å²) in [6.07, 6.45) is 3.68. The van der Waals surface area contributed by atoms with Crippen molar-refractivity contribution in [3.8, 4) is 0 Å². The summed E-state index contributed by atoms with van der Waals surface area (Å²) >= 11 is 0. The molecule has 2 N–H and O–H groups in total. The lowest BCUT2D eigenvalue weighted by Crippen LogP contribution is -2.48. The van der Waals surface area contributed by atoms with E-state index in [1.807, 2.05) is 26.2 Å². The molecule has 0 bridgehead atoms. The Morgan fingerprint density at radius 3 is 2.87 bits per heavy atom. The van der Waals surface area contributed by atoms with Gasteiger partial charge in [0.1, 0.15) is 0 Å². The van der Waals surface area contributed by atoms with Crippen molar-refractivity contribution in [2.45, 2.75) is 32.2 Å². The average Bonchev–Trinajstić information content (AvgIpc) is 2.69. The molecule has 0 unspecified atom stereocenters. The minimum absolute atomic E-state index is 0.257. The van der Waals surface area contributed by atoms with Crippen LogP contribution in [0.3, 0.4) is 0 Å². The molecule has 1 saturated heterocycles. The minimum Gasteiger partial charge on any atom is -0.349 e. The maximum atomic E-state index is 5.54. The van der Waals surface area contributed by atoms with Crippen LogP contribution in [0, 0.1) is 0 Å². The second-order valence-corrected chi connectivity index (χ2v) is 4.21. The first-order chi connectivity index (χ1) is 7.16. The van der Waals surface area contributed by atoms with Crippen LogP contribution in [0.2, 0.25) is 0 Å². The van der Waals surface area contributed by atoms with E-state index >= 15 is 0 Å². The van der Waals surface area contributed by atoms with Crippen LogP contribution in [0.4, 0.5) is 0 Å². The number of rotatable bonds is 3. The topological polar surface area (TPSA) is 59.2 Å². The van der Waals surface area contributed by atoms with Crippen molar-refractivity contribution in [1.29, 1.82) is 0 Å². The number of hydrogen-bond acceptors (Lipinski definition) is 4. The van der Waals surface area contributed by atoms with Gasteiger partial charge in [0, 0.05) is 18.3 Å². The molecule has 0 amide bonds. The molecular formula is C10H17N3O2. The Bertz CT molecular complexity index is 288. The van der Waals surface area contributed by atoms with Gasteiger partial charge in [0.05, 0.1) is 25.5 Å². The molecule has 0 aliphatic carbocycles. The van der Waals surface area contributed by atoms with E-state index in [-0.39, 0.29) is 6.04 Å². The second kappa shape index (κ2) is 4.30. The van der Waals surface area contributed by atoms with Crippen LogP contribution in [0.1, 0.15) is 19.4 Å². The number of H-pyrrole nitrogens is 1. The highest BCUT2D eigenvalue weighted by Gasteiger charge is 2.27. The van der Waals surface area contributed by atoms with Gasteiger partial charge in [-0.2, -0.15) is 5.10 Å². The van der Waals surface area contributed by atoms with Crippen molar-refractivity contribution in [2.24, 2.45) is 0 Å². The molecule has 1 aromatic heterocycles. The minimum atomic E-state index is -0.437. The monoisotopic (exact) mass is 211 g/mol. The lowest BCUT2D eigenvalue weighted by atomic mass is 10.2. The number of nitrogens with one attached hydrogen (secondary N) is 2. The van der Waals surface area contributed by atoms with E-state index in [0.29, 0.717) is 13.2 Å². The summed E-state index contributed by atoms with van der Waals surface area (Å²) in [5.41, 5.74) is 1.14. The first-order valence-electron chi connectivity index (χ1n) is 5.15. The molecule has 2 rings (SSSR count). The van der Waals surface area contributed by atoms with Crippen LogP contribution in [-0.4, -0.2) is 35.2 Å². The molecule has 0 spiro atoms. The van der Waals surface area contributed by atoms with Crippen molar-refractivity contribution >= 4 is 0 Å². The number of ether oxygens (including phenoxy) is 2. The van der Waals surface area contributed by atoms with Crippen LogP contribution >= 0.6 is 0 Å². The van der Waals surface area contributed by atoms with Gasteiger partial charge in [-0.05, 0) is 13.8 Å². The molecule has 2 heterocycles. The summed E-state index contributed by atoms with van der Waals surface area (Å²) in [5, 5.41) is 10.0. The maximum Gasteiger partial charge on any atom is 0.162 e. The molecule has 15 heavy (non-hydrogen) atoms. The van der Waals surface area contributed by atoms with Crippen molar-refractivity contribution in [3.05, 3.63) is 18.0 Å². The van der Waals surface area contributed by atoms with Gasteiger partial charge >= 0.3 is 0 Å². The Morgan fingerprint density at radius 1 is 1.53 bits per heavy atom. The largest absolute Gasteiger partial charge is 0.349 e. The molecular weight excluding hydrogens is 194 g/mol. The normalized spacial score (nSPS) is 21.7. The van der Waals surface area contributed by atoms with Crippen LogP contribution in [0.15, 0.2) is 12.4 Å². The van der Waals surface area contributed by atoms with Gasteiger partial charge in [0.2, 0.25) is 0 Å². The third-order valence-electron chi connectivity index (χ3n) is 2.41. The molecule has 1 aliphatic heterocycles. The zero-order valence-corrected chi connectivity index (χ0v) is 9.12. The summed E-state index contributed by atoms with van der Waals surface area (Å²) < 4.78 is 11.1. The third-order valence-corrected chi connectivity index (χ3v) is 2.41. The molecule has 1 aliphatic rings. The smallest absolute Gasteiger partial charge is 0.162 e. The quantitative estimate of drug-likeness (QED) is 0.770. The SMILES string of the molecule is CC1(C)OCC(NCc2cn[nH]c2)CO1. The highest BCUT2D eigenvalue weighted by molar-refractivity contribution is 5.01. The van der Waals surface area contributed by atoms with Gasteiger partial charge in [0.25, 0.3) is 0 Å². The van der Waals surface area contributed by atoms with Crippen LogP contribution in [-0.2, 0) is 16.0 Å². The van der Waals surface area contributed by atoms with E-state index in [1.165, 1.54) is 0 Å². The van der Waals surface area contributed by atoms with Crippen molar-refractivity contribution < 1.29 is 9.47 Å². The average molecular weight is 211 g/mol. The fourth-order valence-electron chi connectivity index (χ4n) is 1.45. The van der Waals surface area contributed by atoms with Crippen LogP contribution in [0.25, 0.3) is 0 Å². The second-order valence-electron chi connectivity index (χ2n) is 4.21. The van der Waals surface area contributed by atoms with Gasteiger partial charge in [-0.15, -0.1) is 0 Å². The molecule has 0 saturated carbocycles. The van der Waals surface area contributed by atoms with Crippen molar-refractivity contribution in [3.63, 3.8) is 0 Å². The standard InChI is InChI=1S/C10H17N3O2/c1-10(2)14-6-9(7-15-10)11-3-8-4-12-13-5-8/h4-5,9,11H,3,6-7H2,1-2H3,(H,12,13). The first kappa shape index (κ1) is 10.6. The molecule has 1 fully saturated rings. The lowest BCUT2D eigenvalue weighted by Gasteiger charge is -2.35. The summed E-state index contributed by atoms with van der Waals surface area (Å²) in [6, 6.07) is 0.257.